The Morgan fingerprint density at radius 3 is 2.61 bits per heavy atom. The quantitative estimate of drug-likeness (QED) is 0.676. The van der Waals surface area contributed by atoms with Gasteiger partial charge >= 0.3 is 0 Å². The lowest BCUT2D eigenvalue weighted by atomic mass is 9.49. The first-order chi connectivity index (χ1) is 10.8. The average Bonchev–Trinajstić information content (AvgIpc) is 2.80. The number of carbonyl (C=O) groups is 1. The van der Waals surface area contributed by atoms with E-state index in [0.29, 0.717) is 31.1 Å². The molecule has 3 nitrogen and oxygen atoms in total. The maximum Gasteiger partial charge on any atom is 0.155 e. The molecule has 3 fully saturated rings. The monoisotopic (exact) mass is 314 g/mol. The summed E-state index contributed by atoms with van der Waals surface area (Å²) in [6.07, 6.45) is 13.6. The van der Waals surface area contributed by atoms with E-state index < -0.39 is 11.2 Å². The van der Waals surface area contributed by atoms with E-state index in [9.17, 15) is 15.0 Å². The second-order valence-corrected chi connectivity index (χ2v) is 8.48. The van der Waals surface area contributed by atoms with Gasteiger partial charge in [-0.25, -0.2) is 0 Å². The minimum Gasteiger partial charge on any atom is -0.385 e. The third-order valence-electron chi connectivity index (χ3n) is 7.83. The maximum absolute atomic E-state index is 11.7. The van der Waals surface area contributed by atoms with E-state index >= 15 is 0 Å². The lowest BCUT2D eigenvalue weighted by Gasteiger charge is -2.57. The second kappa shape index (κ2) is 4.71. The predicted octanol–water partition coefficient (Wildman–Crippen LogP) is 2.61. The Balaban J connectivity index is 1.70. The Bertz CT molecular complexity index is 629. The Hall–Kier alpha value is -1.11. The largest absolute Gasteiger partial charge is 0.385 e. The molecule has 0 unspecified atom stereocenters. The normalized spacial score (nSPS) is 52.0. The van der Waals surface area contributed by atoms with Crippen molar-refractivity contribution in [1.82, 2.24) is 0 Å². The number of rotatable bonds is 0. The van der Waals surface area contributed by atoms with Crippen molar-refractivity contribution >= 4 is 5.78 Å². The molecule has 4 aliphatic rings. The molecule has 0 aromatic rings. The van der Waals surface area contributed by atoms with E-state index in [2.05, 4.69) is 12.8 Å². The van der Waals surface area contributed by atoms with Crippen LogP contribution in [0.2, 0.25) is 0 Å². The van der Waals surface area contributed by atoms with Crippen molar-refractivity contribution in [1.29, 1.82) is 0 Å². The summed E-state index contributed by atoms with van der Waals surface area (Å²) < 4.78 is 0. The zero-order valence-electron chi connectivity index (χ0n) is 13.8. The van der Waals surface area contributed by atoms with E-state index in [1.807, 2.05) is 0 Å². The lowest BCUT2D eigenvalue weighted by Crippen LogP contribution is -2.57. The second-order valence-electron chi connectivity index (χ2n) is 8.48. The fourth-order valence-electron chi connectivity index (χ4n) is 6.44. The van der Waals surface area contributed by atoms with Gasteiger partial charge in [0, 0.05) is 11.8 Å². The number of carbonyl (C=O) groups excluding carboxylic acids is 1. The zero-order valence-corrected chi connectivity index (χ0v) is 13.8. The number of ketones is 1. The van der Waals surface area contributed by atoms with Crippen LogP contribution in [0.25, 0.3) is 0 Å². The van der Waals surface area contributed by atoms with Crippen LogP contribution in [-0.4, -0.2) is 27.2 Å². The molecule has 0 bridgehead atoms. The molecule has 0 aromatic heterocycles. The highest BCUT2D eigenvalue weighted by Crippen LogP contribution is 2.65. The maximum atomic E-state index is 11.7. The van der Waals surface area contributed by atoms with Gasteiger partial charge in [-0.3, -0.25) is 4.79 Å². The molecule has 2 N–H and O–H groups in total. The van der Waals surface area contributed by atoms with Crippen LogP contribution < -0.4 is 0 Å². The summed E-state index contributed by atoms with van der Waals surface area (Å²) in [5.41, 5.74) is -1.06. The van der Waals surface area contributed by atoms with Crippen LogP contribution in [0.4, 0.5) is 0 Å². The van der Waals surface area contributed by atoms with Crippen molar-refractivity contribution in [2.24, 2.45) is 23.2 Å². The molecule has 0 amide bonds. The summed E-state index contributed by atoms with van der Waals surface area (Å²) in [5.74, 6) is 3.85. The summed E-state index contributed by atoms with van der Waals surface area (Å²) in [6, 6.07) is 0. The minimum atomic E-state index is -0.996. The van der Waals surface area contributed by atoms with Gasteiger partial charge in [-0.05, 0) is 74.3 Å². The molecule has 0 aliphatic heterocycles. The summed E-state index contributed by atoms with van der Waals surface area (Å²) in [5, 5.41) is 22.3. The van der Waals surface area contributed by atoms with Gasteiger partial charge in [0.25, 0.3) is 0 Å². The number of hydrogen-bond acceptors (Lipinski definition) is 3. The van der Waals surface area contributed by atoms with Crippen molar-refractivity contribution in [2.75, 3.05) is 0 Å². The molecular weight excluding hydrogens is 288 g/mol. The molecule has 6 atom stereocenters. The van der Waals surface area contributed by atoms with Gasteiger partial charge in [0.1, 0.15) is 5.60 Å². The molecule has 0 spiro atoms. The van der Waals surface area contributed by atoms with Gasteiger partial charge in [0.15, 0.2) is 5.78 Å². The molecule has 124 valence electrons. The van der Waals surface area contributed by atoms with Crippen molar-refractivity contribution in [3.05, 3.63) is 11.6 Å². The molecule has 0 saturated heterocycles. The highest BCUT2D eigenvalue weighted by atomic mass is 16.3. The van der Waals surface area contributed by atoms with Gasteiger partial charge in [0.2, 0.25) is 0 Å². The Morgan fingerprint density at radius 1 is 1.13 bits per heavy atom. The average molecular weight is 314 g/mol. The Labute approximate surface area is 138 Å². The van der Waals surface area contributed by atoms with Crippen molar-refractivity contribution in [3.63, 3.8) is 0 Å². The third-order valence-corrected chi connectivity index (χ3v) is 7.83. The first-order valence-corrected chi connectivity index (χ1v) is 9.00. The number of fused-ring (bicyclic) bond motifs is 5. The van der Waals surface area contributed by atoms with E-state index in [1.165, 1.54) is 0 Å². The third kappa shape index (κ3) is 1.83. The fourth-order valence-corrected chi connectivity index (χ4v) is 6.44. The van der Waals surface area contributed by atoms with Crippen LogP contribution in [0, 0.1) is 35.5 Å². The van der Waals surface area contributed by atoms with Crippen LogP contribution in [0.15, 0.2) is 11.6 Å². The Kier molecular flexibility index (Phi) is 3.16. The Morgan fingerprint density at radius 2 is 1.87 bits per heavy atom. The summed E-state index contributed by atoms with van der Waals surface area (Å²) in [7, 11) is 0. The minimum absolute atomic E-state index is 0.159. The van der Waals surface area contributed by atoms with E-state index in [-0.39, 0.29) is 17.1 Å². The fraction of sp³-hybridized carbons (Fsp3) is 0.750. The van der Waals surface area contributed by atoms with Crippen molar-refractivity contribution in [3.8, 4) is 12.3 Å². The molecule has 3 heteroatoms. The SMILES string of the molecule is C#C[C@]1(O)CC[C@@H]2[C@@H]3CCC4=CC(=O)CC[C@]4(O)[C@H]3CC[C@@]21C. The number of terminal acetylenes is 1. The van der Waals surface area contributed by atoms with E-state index in [1.54, 1.807) is 6.08 Å². The number of aliphatic hydroxyl groups is 2. The molecule has 4 rings (SSSR count). The summed E-state index contributed by atoms with van der Waals surface area (Å²) in [4.78, 5) is 11.7. The molecule has 4 aliphatic carbocycles. The van der Waals surface area contributed by atoms with E-state index in [0.717, 1.165) is 37.7 Å². The van der Waals surface area contributed by atoms with Crippen molar-refractivity contribution < 1.29 is 15.0 Å². The molecule has 0 radical (unpaired) electrons. The van der Waals surface area contributed by atoms with Gasteiger partial charge in [0.05, 0.1) is 5.60 Å². The van der Waals surface area contributed by atoms with Crippen LogP contribution >= 0.6 is 0 Å². The lowest BCUT2D eigenvalue weighted by molar-refractivity contribution is -0.136. The summed E-state index contributed by atoms with van der Waals surface area (Å²) in [6.45, 7) is 2.15. The zero-order chi connectivity index (χ0) is 16.5. The van der Waals surface area contributed by atoms with E-state index in [4.69, 9.17) is 6.42 Å². The highest BCUT2D eigenvalue weighted by Gasteiger charge is 2.64. The molecule has 0 aromatic carbocycles. The van der Waals surface area contributed by atoms with Crippen molar-refractivity contribution in [2.45, 2.75) is 69.5 Å². The summed E-state index contributed by atoms with van der Waals surface area (Å²) >= 11 is 0. The van der Waals surface area contributed by atoms with Crippen LogP contribution in [-0.2, 0) is 4.79 Å². The highest BCUT2D eigenvalue weighted by molar-refractivity contribution is 5.92. The van der Waals surface area contributed by atoms with Gasteiger partial charge in [-0.1, -0.05) is 12.8 Å². The molecule has 23 heavy (non-hydrogen) atoms. The predicted molar refractivity (Wildman–Crippen MR) is 87.3 cm³/mol. The van der Waals surface area contributed by atoms with Crippen LogP contribution in [0.1, 0.15) is 58.3 Å². The first kappa shape index (κ1) is 15.4. The molecular formula is C20H26O3. The number of hydrogen-bond donors (Lipinski definition) is 2. The smallest absolute Gasteiger partial charge is 0.155 e. The van der Waals surface area contributed by atoms with Gasteiger partial charge in [-0.2, -0.15) is 0 Å². The molecule has 0 heterocycles. The molecule has 3 saturated carbocycles. The van der Waals surface area contributed by atoms with Gasteiger partial charge < -0.3 is 10.2 Å². The van der Waals surface area contributed by atoms with Gasteiger partial charge in [-0.15, -0.1) is 6.42 Å². The van der Waals surface area contributed by atoms with Crippen LogP contribution in [0.3, 0.4) is 0 Å². The van der Waals surface area contributed by atoms with Crippen LogP contribution in [0.5, 0.6) is 0 Å². The standard InChI is InChI=1S/C20H26O3/c1-3-19(22)10-8-16-15-5-4-13-12-14(21)6-11-20(13,23)17(15)7-9-18(16,19)2/h1,12,15-17,22-23H,4-11H2,2H3/t15-,16+,17-,18-,19-,20+/m0/s1. The first-order valence-electron chi connectivity index (χ1n) is 9.00. The topological polar surface area (TPSA) is 57.5 Å².